The van der Waals surface area contributed by atoms with Crippen LogP contribution in [0.5, 0.6) is 5.75 Å². The SMILES string of the molecule is CC(C)(C)C#Cc1ccc(OS(=O)(=O)C(F)(F)F)cc1. The van der Waals surface area contributed by atoms with E-state index in [1.165, 1.54) is 12.1 Å². The molecule has 0 unspecified atom stereocenters. The fourth-order valence-corrected chi connectivity index (χ4v) is 1.49. The largest absolute Gasteiger partial charge is 0.534 e. The molecule has 3 nitrogen and oxygen atoms in total. The molecule has 0 aliphatic rings. The molecule has 20 heavy (non-hydrogen) atoms. The molecule has 0 saturated heterocycles. The van der Waals surface area contributed by atoms with Gasteiger partial charge >= 0.3 is 15.6 Å². The number of alkyl halides is 3. The van der Waals surface area contributed by atoms with Gasteiger partial charge in [-0.25, -0.2) is 0 Å². The molecule has 0 N–H and O–H groups in total. The van der Waals surface area contributed by atoms with Crippen molar-refractivity contribution in [3.05, 3.63) is 29.8 Å². The first-order valence-electron chi connectivity index (χ1n) is 5.55. The molecular formula is C13H13F3O3S. The third kappa shape index (κ3) is 4.78. The van der Waals surface area contributed by atoms with Gasteiger partial charge < -0.3 is 4.18 Å². The van der Waals surface area contributed by atoms with E-state index in [9.17, 15) is 21.6 Å². The summed E-state index contributed by atoms with van der Waals surface area (Å²) < 4.78 is 61.9. The summed E-state index contributed by atoms with van der Waals surface area (Å²) in [6.45, 7) is 5.73. The molecule has 0 fully saturated rings. The van der Waals surface area contributed by atoms with Gasteiger partial charge in [-0.1, -0.05) is 11.8 Å². The normalized spacial score (nSPS) is 12.5. The summed E-state index contributed by atoms with van der Waals surface area (Å²) in [5.41, 5.74) is -5.11. The van der Waals surface area contributed by atoms with Gasteiger partial charge in [-0.05, 0) is 45.0 Å². The molecule has 1 rings (SSSR count). The quantitative estimate of drug-likeness (QED) is 0.478. The van der Waals surface area contributed by atoms with Crippen LogP contribution in [0.4, 0.5) is 13.2 Å². The average Bonchev–Trinajstić information content (AvgIpc) is 2.25. The highest BCUT2D eigenvalue weighted by atomic mass is 32.2. The fraction of sp³-hybridized carbons (Fsp3) is 0.385. The molecule has 110 valence electrons. The summed E-state index contributed by atoms with van der Waals surface area (Å²) in [7, 11) is -5.64. The van der Waals surface area contributed by atoms with Crippen molar-refractivity contribution in [3.8, 4) is 17.6 Å². The van der Waals surface area contributed by atoms with E-state index in [0.717, 1.165) is 12.1 Å². The second kappa shape index (κ2) is 5.37. The van der Waals surface area contributed by atoms with E-state index in [2.05, 4.69) is 16.0 Å². The van der Waals surface area contributed by atoms with Crippen molar-refractivity contribution in [2.75, 3.05) is 0 Å². The maximum atomic E-state index is 12.1. The van der Waals surface area contributed by atoms with Crippen LogP contribution in [0.15, 0.2) is 24.3 Å². The van der Waals surface area contributed by atoms with Crippen LogP contribution in [-0.4, -0.2) is 13.9 Å². The Morgan fingerprint density at radius 2 is 1.55 bits per heavy atom. The van der Waals surface area contributed by atoms with Gasteiger partial charge in [0.1, 0.15) is 5.75 Å². The Kier molecular flexibility index (Phi) is 4.39. The monoisotopic (exact) mass is 306 g/mol. The summed E-state index contributed by atoms with van der Waals surface area (Å²) in [6.07, 6.45) is 0. The van der Waals surface area contributed by atoms with E-state index in [1.54, 1.807) is 0 Å². The maximum Gasteiger partial charge on any atom is 0.534 e. The van der Waals surface area contributed by atoms with Crippen LogP contribution in [0.2, 0.25) is 0 Å². The van der Waals surface area contributed by atoms with Crippen molar-refractivity contribution in [1.29, 1.82) is 0 Å². The molecule has 0 spiro atoms. The lowest BCUT2D eigenvalue weighted by Crippen LogP contribution is -2.28. The van der Waals surface area contributed by atoms with Crippen LogP contribution in [0.3, 0.4) is 0 Å². The van der Waals surface area contributed by atoms with Crippen LogP contribution >= 0.6 is 0 Å². The van der Waals surface area contributed by atoms with Crippen LogP contribution in [0.25, 0.3) is 0 Å². The second-order valence-corrected chi connectivity index (χ2v) is 6.55. The highest BCUT2D eigenvalue weighted by Gasteiger charge is 2.48. The topological polar surface area (TPSA) is 43.4 Å². The highest BCUT2D eigenvalue weighted by Crippen LogP contribution is 2.26. The Bertz CT molecular complexity index is 627. The van der Waals surface area contributed by atoms with Crippen molar-refractivity contribution in [3.63, 3.8) is 0 Å². The summed E-state index contributed by atoms with van der Waals surface area (Å²) >= 11 is 0. The Hall–Kier alpha value is -1.68. The smallest absolute Gasteiger partial charge is 0.376 e. The van der Waals surface area contributed by atoms with E-state index in [0.29, 0.717) is 5.56 Å². The maximum absolute atomic E-state index is 12.1. The van der Waals surface area contributed by atoms with Crippen molar-refractivity contribution in [2.45, 2.75) is 26.3 Å². The third-order valence-corrected chi connectivity index (χ3v) is 2.90. The fourth-order valence-electron chi connectivity index (χ4n) is 1.03. The minimum atomic E-state index is -5.64. The van der Waals surface area contributed by atoms with E-state index in [-0.39, 0.29) is 5.41 Å². The average molecular weight is 306 g/mol. The lowest BCUT2D eigenvalue weighted by molar-refractivity contribution is -0.0500. The number of rotatable bonds is 2. The molecule has 0 heterocycles. The van der Waals surface area contributed by atoms with Crippen molar-refractivity contribution in [1.82, 2.24) is 0 Å². The van der Waals surface area contributed by atoms with Gasteiger partial charge in [0.25, 0.3) is 0 Å². The molecule has 0 atom stereocenters. The van der Waals surface area contributed by atoms with E-state index in [4.69, 9.17) is 0 Å². The van der Waals surface area contributed by atoms with Crippen LogP contribution in [-0.2, 0) is 10.1 Å². The molecular weight excluding hydrogens is 293 g/mol. The zero-order valence-corrected chi connectivity index (χ0v) is 11.9. The lowest BCUT2D eigenvalue weighted by atomic mass is 9.97. The van der Waals surface area contributed by atoms with Crippen molar-refractivity contribution < 1.29 is 25.8 Å². The zero-order chi connectivity index (χ0) is 15.6. The van der Waals surface area contributed by atoms with Gasteiger partial charge in [0.2, 0.25) is 0 Å². The summed E-state index contributed by atoms with van der Waals surface area (Å²) in [4.78, 5) is 0. The van der Waals surface area contributed by atoms with Gasteiger partial charge in [0, 0.05) is 11.0 Å². The second-order valence-electron chi connectivity index (χ2n) is 5.01. The summed E-state index contributed by atoms with van der Waals surface area (Å²) in [5.74, 6) is 5.36. The van der Waals surface area contributed by atoms with Crippen LogP contribution in [0, 0.1) is 17.3 Å². The number of benzene rings is 1. The first kappa shape index (κ1) is 16.4. The Balaban J connectivity index is 2.91. The molecule has 0 bridgehead atoms. The van der Waals surface area contributed by atoms with Gasteiger partial charge in [-0.3, -0.25) is 0 Å². The molecule has 0 aromatic heterocycles. The molecule has 7 heteroatoms. The minimum absolute atomic E-state index is 0.213. The summed E-state index contributed by atoms with van der Waals surface area (Å²) in [5, 5.41) is 0. The molecule has 0 aliphatic heterocycles. The number of hydrogen-bond acceptors (Lipinski definition) is 3. The van der Waals surface area contributed by atoms with Gasteiger partial charge in [-0.2, -0.15) is 21.6 Å². The number of hydrogen-bond donors (Lipinski definition) is 0. The lowest BCUT2D eigenvalue weighted by Gasteiger charge is -2.09. The Morgan fingerprint density at radius 1 is 1.05 bits per heavy atom. The first-order valence-corrected chi connectivity index (χ1v) is 6.95. The highest BCUT2D eigenvalue weighted by molar-refractivity contribution is 7.87. The van der Waals surface area contributed by atoms with Crippen molar-refractivity contribution >= 4 is 10.1 Å². The molecule has 0 amide bonds. The van der Waals surface area contributed by atoms with Gasteiger partial charge in [0.15, 0.2) is 0 Å². The van der Waals surface area contributed by atoms with Gasteiger partial charge in [0.05, 0.1) is 0 Å². The predicted octanol–water partition coefficient (Wildman–Crippen LogP) is 3.31. The Morgan fingerprint density at radius 3 is 1.95 bits per heavy atom. The van der Waals surface area contributed by atoms with Gasteiger partial charge in [-0.15, -0.1) is 0 Å². The molecule has 1 aromatic rings. The van der Waals surface area contributed by atoms with E-state index >= 15 is 0 Å². The van der Waals surface area contributed by atoms with Crippen LogP contribution in [0.1, 0.15) is 26.3 Å². The Labute approximate surface area is 115 Å². The zero-order valence-electron chi connectivity index (χ0n) is 11.1. The van der Waals surface area contributed by atoms with E-state index < -0.39 is 21.4 Å². The third-order valence-electron chi connectivity index (χ3n) is 1.93. The first-order chi connectivity index (χ1) is 8.91. The summed E-state index contributed by atoms with van der Waals surface area (Å²) in [6, 6.07) is 5.02. The molecule has 0 saturated carbocycles. The molecule has 1 aromatic carbocycles. The standard InChI is InChI=1S/C13H13F3O3S/c1-12(2,3)9-8-10-4-6-11(7-5-10)19-20(17,18)13(14,15)16/h4-7H,1-3H3. The predicted molar refractivity (Wildman–Crippen MR) is 68.4 cm³/mol. The van der Waals surface area contributed by atoms with E-state index in [1.807, 2.05) is 20.8 Å². The molecule has 0 radical (unpaired) electrons. The minimum Gasteiger partial charge on any atom is -0.376 e. The van der Waals surface area contributed by atoms with Crippen LogP contribution < -0.4 is 4.18 Å². The van der Waals surface area contributed by atoms with Crippen molar-refractivity contribution in [2.24, 2.45) is 5.41 Å². The molecule has 0 aliphatic carbocycles. The number of halogens is 3.